The molecule has 0 aromatic carbocycles. The zero-order chi connectivity index (χ0) is 10.8. The Morgan fingerprint density at radius 1 is 1.50 bits per heavy atom. The highest BCUT2D eigenvalue weighted by Crippen LogP contribution is 1.97. The lowest BCUT2D eigenvalue weighted by atomic mass is 10.2. The molecule has 0 aliphatic carbocycles. The van der Waals surface area contributed by atoms with Crippen molar-refractivity contribution in [3.63, 3.8) is 0 Å². The van der Waals surface area contributed by atoms with Crippen molar-refractivity contribution in [2.45, 2.75) is 26.2 Å². The van der Waals surface area contributed by atoms with Crippen LogP contribution in [0.4, 0.5) is 0 Å². The van der Waals surface area contributed by atoms with Crippen LogP contribution in [0.25, 0.3) is 0 Å². The van der Waals surface area contributed by atoms with Gasteiger partial charge in [0.25, 0.3) is 0 Å². The van der Waals surface area contributed by atoms with Gasteiger partial charge in [-0.05, 0) is 6.42 Å². The van der Waals surface area contributed by atoms with Crippen LogP contribution < -0.4 is 4.57 Å². The largest absolute Gasteiger partial charge is 0.696 e. The van der Waals surface area contributed by atoms with Gasteiger partial charge < -0.3 is 12.6 Å². The van der Waals surface area contributed by atoms with E-state index in [0.717, 1.165) is 0 Å². The second-order valence-electron chi connectivity index (χ2n) is 3.00. The van der Waals surface area contributed by atoms with Gasteiger partial charge in [0.2, 0.25) is 0 Å². The molecule has 0 aliphatic rings. The number of nitrogens with zero attached hydrogens (tertiary/aromatic N) is 2. The van der Waals surface area contributed by atoms with Crippen molar-refractivity contribution < 1.29 is 4.57 Å². The van der Waals surface area contributed by atoms with E-state index in [1.165, 1.54) is 30.4 Å². The van der Waals surface area contributed by atoms with Gasteiger partial charge in [0.05, 0.1) is 0 Å². The fourth-order valence-corrected chi connectivity index (χ4v) is 1.18. The van der Waals surface area contributed by atoms with Crippen molar-refractivity contribution in [1.82, 2.24) is 0 Å². The zero-order valence-corrected chi connectivity index (χ0v) is 9.55. The summed E-state index contributed by atoms with van der Waals surface area (Å²) in [6.45, 7) is 2.23. The molecule has 0 N–H and O–H groups in total. The number of thiocyanates is 1. The molecule has 1 aromatic rings. The normalized spacial score (nSPS) is 8.36. The molecule has 0 saturated heterocycles. The van der Waals surface area contributed by atoms with Crippen LogP contribution in [-0.4, -0.2) is 0 Å². The highest BCUT2D eigenvalue weighted by molar-refractivity contribution is 7.64. The molecule has 0 radical (unpaired) electrons. The van der Waals surface area contributed by atoms with Crippen LogP contribution in [0.3, 0.4) is 0 Å². The number of aromatic nitrogens is 1. The van der Waals surface area contributed by atoms with Gasteiger partial charge in [-0.1, -0.05) is 24.8 Å². The summed E-state index contributed by atoms with van der Waals surface area (Å²) in [7, 11) is 2.10. The van der Waals surface area contributed by atoms with E-state index in [1.807, 2.05) is 0 Å². The predicted octanol–water partition coefficient (Wildman–Crippen LogP) is 1.87. The number of hydrogen-bond donors (Lipinski definition) is 0. The quantitative estimate of drug-likeness (QED) is 0.431. The SMILES string of the molecule is CCCCc1cccc[n+]1C.N#C[S-]. The smallest absolute Gasteiger partial charge is 0.181 e. The Hall–Kier alpha value is -1.14. The monoisotopic (exact) mass is 208 g/mol. The standard InChI is InChI=1S/C10H16N.CHNS/c1-3-4-7-10-8-5-6-9-11(10)2;2-1-3/h5-6,8-9H,3-4,7H2,1-2H3;3H/q+1;/p-1. The second kappa shape index (κ2) is 8.46. The zero-order valence-electron chi connectivity index (χ0n) is 8.73. The average molecular weight is 208 g/mol. The first kappa shape index (κ1) is 12.9. The first-order chi connectivity index (χ1) is 6.76. The lowest BCUT2D eigenvalue weighted by Crippen LogP contribution is -2.32. The van der Waals surface area contributed by atoms with Gasteiger partial charge in [0, 0.05) is 18.6 Å². The van der Waals surface area contributed by atoms with E-state index in [4.69, 9.17) is 5.26 Å². The lowest BCUT2D eigenvalue weighted by Gasteiger charge is -1.96. The summed E-state index contributed by atoms with van der Waals surface area (Å²) in [4.78, 5) is 0. The number of aryl methyl sites for hydroxylation is 2. The summed E-state index contributed by atoms with van der Waals surface area (Å²) >= 11 is 3.70. The van der Waals surface area contributed by atoms with Gasteiger partial charge in [-0.2, -0.15) is 0 Å². The van der Waals surface area contributed by atoms with Crippen molar-refractivity contribution >= 4 is 12.6 Å². The summed E-state index contributed by atoms with van der Waals surface area (Å²) in [5.41, 5.74) is 1.43. The molecule has 0 bridgehead atoms. The molecule has 1 heterocycles. The van der Waals surface area contributed by atoms with E-state index in [0.29, 0.717) is 0 Å². The topological polar surface area (TPSA) is 27.7 Å². The van der Waals surface area contributed by atoms with E-state index in [1.54, 1.807) is 0 Å². The van der Waals surface area contributed by atoms with Crippen LogP contribution in [0, 0.1) is 10.7 Å². The van der Waals surface area contributed by atoms with Crippen molar-refractivity contribution in [2.75, 3.05) is 0 Å². The molecular formula is C11H16N2S. The molecule has 1 aromatic heterocycles. The molecule has 0 saturated carbocycles. The molecule has 0 spiro atoms. The van der Waals surface area contributed by atoms with E-state index in [9.17, 15) is 0 Å². The van der Waals surface area contributed by atoms with Crippen LogP contribution in [0.1, 0.15) is 25.5 Å². The molecule has 0 atom stereocenters. The average Bonchev–Trinajstić information content (AvgIpc) is 2.18. The number of hydrogen-bond acceptors (Lipinski definition) is 2. The molecule has 2 nitrogen and oxygen atoms in total. The molecule has 0 unspecified atom stereocenters. The van der Waals surface area contributed by atoms with E-state index < -0.39 is 0 Å². The summed E-state index contributed by atoms with van der Waals surface area (Å²) < 4.78 is 2.19. The maximum absolute atomic E-state index is 7.13. The van der Waals surface area contributed by atoms with E-state index in [2.05, 4.69) is 55.6 Å². The Bertz CT molecular complexity index is 292. The molecular weight excluding hydrogens is 192 g/mol. The Labute approximate surface area is 91.6 Å². The fourth-order valence-electron chi connectivity index (χ4n) is 1.18. The molecule has 14 heavy (non-hydrogen) atoms. The predicted molar refractivity (Wildman–Crippen MR) is 59.2 cm³/mol. The summed E-state index contributed by atoms with van der Waals surface area (Å²) in [6, 6.07) is 6.36. The minimum absolute atomic E-state index is 1.20. The maximum atomic E-state index is 7.13. The van der Waals surface area contributed by atoms with Crippen LogP contribution in [0.5, 0.6) is 0 Å². The highest BCUT2D eigenvalue weighted by Gasteiger charge is 2.01. The molecule has 0 amide bonds. The van der Waals surface area contributed by atoms with Crippen molar-refractivity contribution in [1.29, 1.82) is 5.26 Å². The number of rotatable bonds is 3. The van der Waals surface area contributed by atoms with Crippen LogP contribution in [-0.2, 0) is 26.1 Å². The number of nitriles is 1. The third-order valence-electron chi connectivity index (χ3n) is 1.95. The maximum Gasteiger partial charge on any atom is 0.181 e. The fraction of sp³-hybridized carbons (Fsp3) is 0.455. The first-order valence-corrected chi connectivity index (χ1v) is 5.11. The molecule has 1 rings (SSSR count). The number of pyridine rings is 1. The summed E-state index contributed by atoms with van der Waals surface area (Å²) in [5.74, 6) is 0. The summed E-state index contributed by atoms with van der Waals surface area (Å²) in [6.07, 6.45) is 5.87. The Morgan fingerprint density at radius 3 is 2.64 bits per heavy atom. The van der Waals surface area contributed by atoms with Gasteiger partial charge in [0.15, 0.2) is 11.9 Å². The van der Waals surface area contributed by atoms with Gasteiger partial charge in [-0.3, -0.25) is 0 Å². The Kier molecular flexibility index (Phi) is 7.77. The minimum atomic E-state index is 1.20. The third-order valence-corrected chi connectivity index (χ3v) is 1.95. The van der Waals surface area contributed by atoms with Crippen molar-refractivity contribution in [3.05, 3.63) is 30.1 Å². The van der Waals surface area contributed by atoms with Crippen LogP contribution >= 0.6 is 0 Å². The lowest BCUT2D eigenvalue weighted by molar-refractivity contribution is -0.679. The van der Waals surface area contributed by atoms with E-state index >= 15 is 0 Å². The van der Waals surface area contributed by atoms with Crippen molar-refractivity contribution in [3.8, 4) is 5.40 Å². The van der Waals surface area contributed by atoms with Crippen molar-refractivity contribution in [2.24, 2.45) is 7.05 Å². The molecule has 76 valence electrons. The molecule has 3 heteroatoms. The molecule has 0 aliphatic heterocycles. The summed E-state index contributed by atoms with van der Waals surface area (Å²) in [5, 5.41) is 8.47. The number of unbranched alkanes of at least 4 members (excludes halogenated alkanes) is 1. The van der Waals surface area contributed by atoms with Gasteiger partial charge in [0.1, 0.15) is 7.05 Å². The minimum Gasteiger partial charge on any atom is -0.696 e. The Morgan fingerprint density at radius 2 is 2.14 bits per heavy atom. The third kappa shape index (κ3) is 5.50. The Balaban J connectivity index is 0.000000500. The van der Waals surface area contributed by atoms with Gasteiger partial charge in [-0.15, -0.1) is 0 Å². The van der Waals surface area contributed by atoms with E-state index in [-0.39, 0.29) is 0 Å². The molecule has 0 fully saturated rings. The highest BCUT2D eigenvalue weighted by atomic mass is 32.1. The second-order valence-corrected chi connectivity index (χ2v) is 3.18. The first-order valence-electron chi connectivity index (χ1n) is 4.71. The van der Waals surface area contributed by atoms with Crippen LogP contribution in [0.2, 0.25) is 0 Å². The van der Waals surface area contributed by atoms with Gasteiger partial charge >= 0.3 is 0 Å². The van der Waals surface area contributed by atoms with Gasteiger partial charge in [-0.25, -0.2) is 9.83 Å². The van der Waals surface area contributed by atoms with Crippen LogP contribution in [0.15, 0.2) is 24.4 Å².